The Hall–Kier alpha value is -2.24. The summed E-state index contributed by atoms with van der Waals surface area (Å²) < 4.78 is 5.07. The average molecular weight is 409 g/mol. The number of hydrogen-bond acceptors (Lipinski definition) is 4. The Morgan fingerprint density at radius 2 is 1.67 bits per heavy atom. The molecule has 1 amide bonds. The smallest absolute Gasteiger partial charge is 0.310 e. The summed E-state index contributed by atoms with van der Waals surface area (Å²) in [5.74, 6) is -0.793. The van der Waals surface area contributed by atoms with Crippen molar-refractivity contribution in [3.05, 3.63) is 63.6 Å². The van der Waals surface area contributed by atoms with Crippen molar-refractivity contribution in [3.63, 3.8) is 0 Å². The van der Waals surface area contributed by atoms with E-state index in [0.717, 1.165) is 11.3 Å². The topological polar surface area (TPSA) is 49.9 Å². The molecule has 0 unspecified atom stereocenters. The molecule has 0 atom stereocenters. The van der Waals surface area contributed by atoms with Crippen molar-refractivity contribution < 1.29 is 14.3 Å². The van der Waals surface area contributed by atoms with Gasteiger partial charge in [0.25, 0.3) is 5.91 Å². The minimum absolute atomic E-state index is 0.0149. The molecule has 0 aliphatic rings. The molecule has 0 saturated carbocycles. The maximum absolute atomic E-state index is 12.2. The fourth-order valence-corrected chi connectivity index (χ4v) is 2.86. The molecule has 2 aromatic rings. The van der Waals surface area contributed by atoms with Gasteiger partial charge in [-0.15, -0.1) is 0 Å². The zero-order valence-electron chi connectivity index (χ0n) is 15.5. The predicted octanol–water partition coefficient (Wildman–Crippen LogP) is 3.80. The highest BCUT2D eigenvalue weighted by atomic mass is 35.5. The van der Waals surface area contributed by atoms with E-state index in [1.807, 2.05) is 43.3 Å². The van der Waals surface area contributed by atoms with Crippen LogP contribution in [0.1, 0.15) is 11.1 Å². The lowest BCUT2D eigenvalue weighted by atomic mass is 10.1. The number of amides is 1. The monoisotopic (exact) mass is 408 g/mol. The number of likely N-dealkylation sites (N-methyl/N-ethyl adjacent to an activating group) is 1. The molecular weight excluding hydrogens is 387 g/mol. The number of benzene rings is 2. The van der Waals surface area contributed by atoms with E-state index in [4.69, 9.17) is 27.9 Å². The van der Waals surface area contributed by atoms with Crippen molar-refractivity contribution >= 4 is 40.8 Å². The van der Waals surface area contributed by atoms with Gasteiger partial charge >= 0.3 is 5.97 Å². The van der Waals surface area contributed by atoms with Gasteiger partial charge in [0.15, 0.2) is 6.61 Å². The molecule has 0 heterocycles. The minimum Gasteiger partial charge on any atom is -0.455 e. The fourth-order valence-electron chi connectivity index (χ4n) is 2.39. The van der Waals surface area contributed by atoms with Gasteiger partial charge in [-0.2, -0.15) is 0 Å². The average Bonchev–Trinajstić information content (AvgIpc) is 2.62. The van der Waals surface area contributed by atoms with Gasteiger partial charge in [-0.05, 0) is 35.4 Å². The summed E-state index contributed by atoms with van der Waals surface area (Å²) >= 11 is 11.9. The third kappa shape index (κ3) is 6.45. The first kappa shape index (κ1) is 21.1. The van der Waals surface area contributed by atoms with Gasteiger partial charge < -0.3 is 14.5 Å². The lowest BCUT2D eigenvalue weighted by Crippen LogP contribution is -2.31. The van der Waals surface area contributed by atoms with E-state index in [2.05, 4.69) is 0 Å². The first-order valence-corrected chi connectivity index (χ1v) is 9.11. The van der Waals surface area contributed by atoms with Crippen LogP contribution in [0.25, 0.3) is 0 Å². The van der Waals surface area contributed by atoms with Crippen LogP contribution in [0, 0.1) is 0 Å². The molecule has 2 rings (SSSR count). The second-order valence-corrected chi connectivity index (χ2v) is 7.23. The van der Waals surface area contributed by atoms with Gasteiger partial charge in [0.05, 0.1) is 6.42 Å². The molecule has 0 spiro atoms. The Morgan fingerprint density at radius 1 is 1.00 bits per heavy atom. The van der Waals surface area contributed by atoms with Gasteiger partial charge in [-0.1, -0.05) is 41.4 Å². The molecule has 0 bridgehead atoms. The number of esters is 1. The Morgan fingerprint density at radius 3 is 2.26 bits per heavy atom. The van der Waals surface area contributed by atoms with E-state index in [1.165, 1.54) is 4.90 Å². The molecule has 0 aliphatic heterocycles. The summed E-state index contributed by atoms with van der Waals surface area (Å²) in [6.45, 7) is 0.128. The summed E-state index contributed by atoms with van der Waals surface area (Å²) in [6, 6.07) is 12.8. The maximum Gasteiger partial charge on any atom is 0.310 e. The number of carbonyl (C=O) groups is 2. The van der Waals surface area contributed by atoms with Gasteiger partial charge in [0.1, 0.15) is 0 Å². The SMILES string of the molecule is CN(Cc1ccc(N(C)C)cc1)C(=O)COC(=O)Cc1ccc(Cl)cc1Cl. The van der Waals surface area contributed by atoms with E-state index >= 15 is 0 Å². The first-order valence-electron chi connectivity index (χ1n) is 8.36. The Kier molecular flexibility index (Phi) is 7.51. The third-order valence-corrected chi connectivity index (χ3v) is 4.59. The first-order chi connectivity index (χ1) is 12.8. The maximum atomic E-state index is 12.2. The van der Waals surface area contributed by atoms with Gasteiger partial charge in [0.2, 0.25) is 0 Å². The van der Waals surface area contributed by atoms with Crippen molar-refractivity contribution in [2.45, 2.75) is 13.0 Å². The van der Waals surface area contributed by atoms with Gasteiger partial charge in [-0.25, -0.2) is 0 Å². The van der Waals surface area contributed by atoms with Crippen LogP contribution in [0.15, 0.2) is 42.5 Å². The highest BCUT2D eigenvalue weighted by Crippen LogP contribution is 2.21. The Bertz CT molecular complexity index is 807. The predicted molar refractivity (Wildman–Crippen MR) is 108 cm³/mol. The Labute approximate surface area is 169 Å². The lowest BCUT2D eigenvalue weighted by molar-refractivity contribution is -0.151. The molecule has 0 radical (unpaired) electrons. The number of nitrogens with zero attached hydrogens (tertiary/aromatic N) is 2. The zero-order chi connectivity index (χ0) is 20.0. The van der Waals surface area contributed by atoms with Gasteiger partial charge in [0, 0.05) is 43.4 Å². The van der Waals surface area contributed by atoms with E-state index in [9.17, 15) is 9.59 Å². The number of halogens is 2. The quantitative estimate of drug-likeness (QED) is 0.653. The summed E-state index contributed by atoms with van der Waals surface area (Å²) in [7, 11) is 5.61. The second-order valence-electron chi connectivity index (χ2n) is 6.38. The van der Waals surface area contributed by atoms with Gasteiger partial charge in [-0.3, -0.25) is 9.59 Å². The molecule has 0 N–H and O–H groups in total. The van der Waals surface area contributed by atoms with Crippen LogP contribution >= 0.6 is 23.2 Å². The molecule has 144 valence electrons. The van der Waals surface area contributed by atoms with Crippen LogP contribution in [0.5, 0.6) is 0 Å². The third-order valence-electron chi connectivity index (χ3n) is 4.00. The zero-order valence-corrected chi connectivity index (χ0v) is 17.0. The van der Waals surface area contributed by atoms with Crippen LogP contribution in [-0.4, -0.2) is 44.5 Å². The number of rotatable bonds is 7. The molecule has 0 aliphatic carbocycles. The molecule has 27 heavy (non-hydrogen) atoms. The van der Waals surface area contributed by atoms with Crippen LogP contribution in [-0.2, 0) is 27.3 Å². The highest BCUT2D eigenvalue weighted by molar-refractivity contribution is 6.35. The van der Waals surface area contributed by atoms with Crippen molar-refractivity contribution in [1.82, 2.24) is 4.90 Å². The van der Waals surface area contributed by atoms with E-state index in [-0.39, 0.29) is 18.9 Å². The Balaban J connectivity index is 1.82. The summed E-state index contributed by atoms with van der Waals surface area (Å²) in [5.41, 5.74) is 2.69. The lowest BCUT2D eigenvalue weighted by Gasteiger charge is -2.18. The highest BCUT2D eigenvalue weighted by Gasteiger charge is 2.14. The number of anilines is 1. The second kappa shape index (κ2) is 9.62. The number of hydrogen-bond donors (Lipinski definition) is 0. The van der Waals surface area contributed by atoms with Crippen LogP contribution in [0.3, 0.4) is 0 Å². The largest absolute Gasteiger partial charge is 0.455 e. The molecule has 7 heteroatoms. The standard InChI is InChI=1S/C20H22Cl2N2O3/c1-23(2)17-8-4-14(5-9-17)12-24(3)19(25)13-27-20(26)10-15-6-7-16(21)11-18(15)22/h4-9,11H,10,12-13H2,1-3H3. The molecule has 5 nitrogen and oxygen atoms in total. The number of ether oxygens (including phenoxy) is 1. The number of carbonyl (C=O) groups excluding carboxylic acids is 2. The van der Waals surface area contributed by atoms with Crippen LogP contribution in [0.4, 0.5) is 5.69 Å². The van der Waals surface area contributed by atoms with E-state index < -0.39 is 5.97 Å². The normalized spacial score (nSPS) is 10.4. The van der Waals surface area contributed by atoms with E-state index in [1.54, 1.807) is 25.2 Å². The molecule has 0 saturated heterocycles. The molecular formula is C20H22Cl2N2O3. The molecule has 0 fully saturated rings. The van der Waals surface area contributed by atoms with Crippen molar-refractivity contribution in [2.75, 3.05) is 32.6 Å². The minimum atomic E-state index is -0.517. The summed E-state index contributed by atoms with van der Waals surface area (Å²) in [5, 5.41) is 0.886. The summed E-state index contributed by atoms with van der Waals surface area (Å²) in [4.78, 5) is 27.7. The van der Waals surface area contributed by atoms with Crippen molar-refractivity contribution in [3.8, 4) is 0 Å². The van der Waals surface area contributed by atoms with Crippen LogP contribution < -0.4 is 4.90 Å². The van der Waals surface area contributed by atoms with Crippen molar-refractivity contribution in [1.29, 1.82) is 0 Å². The van der Waals surface area contributed by atoms with Crippen LogP contribution in [0.2, 0.25) is 10.0 Å². The summed E-state index contributed by atoms with van der Waals surface area (Å²) in [6.07, 6.45) is -0.0149. The van der Waals surface area contributed by atoms with Crippen molar-refractivity contribution in [2.24, 2.45) is 0 Å². The van der Waals surface area contributed by atoms with E-state index in [0.29, 0.717) is 22.2 Å². The molecule has 0 aromatic heterocycles. The fraction of sp³-hybridized carbons (Fsp3) is 0.300. The molecule has 2 aromatic carbocycles.